The number of benzene rings is 2. The Kier molecular flexibility index (Phi) is 3.82. The average Bonchev–Trinajstić information content (AvgIpc) is 2.40. The van der Waals surface area contributed by atoms with Gasteiger partial charge in [-0.25, -0.2) is 0 Å². The molecule has 1 saturated carbocycles. The molecule has 1 aliphatic carbocycles. The predicted molar refractivity (Wildman–Crippen MR) is 82.9 cm³/mol. The minimum absolute atomic E-state index is 0.0195. The molecular formula is C17H14Cl2O. The van der Waals surface area contributed by atoms with Crippen molar-refractivity contribution in [3.63, 3.8) is 0 Å². The van der Waals surface area contributed by atoms with Gasteiger partial charge in [0.2, 0.25) is 0 Å². The maximum Gasteiger partial charge on any atom is 0.193 e. The van der Waals surface area contributed by atoms with E-state index in [1.165, 1.54) is 19.3 Å². The first-order valence-electron chi connectivity index (χ1n) is 6.75. The number of carbonyl (C=O) groups excluding carboxylic acids is 1. The molecule has 2 aromatic carbocycles. The van der Waals surface area contributed by atoms with Crippen LogP contribution >= 0.6 is 23.2 Å². The zero-order valence-electron chi connectivity index (χ0n) is 10.9. The normalized spacial score (nSPS) is 14.9. The van der Waals surface area contributed by atoms with Gasteiger partial charge in [-0.3, -0.25) is 4.79 Å². The number of ketones is 1. The minimum atomic E-state index is 0.0195. The average molecular weight is 305 g/mol. The highest BCUT2D eigenvalue weighted by atomic mass is 35.5. The molecule has 1 fully saturated rings. The summed E-state index contributed by atoms with van der Waals surface area (Å²) in [7, 11) is 0. The molecule has 0 heterocycles. The Bertz CT molecular complexity index is 660. The van der Waals surface area contributed by atoms with Gasteiger partial charge in [-0.05, 0) is 42.5 Å². The highest BCUT2D eigenvalue weighted by molar-refractivity contribution is 6.42. The maximum absolute atomic E-state index is 12.7. The molecule has 0 atom stereocenters. The Labute approximate surface area is 128 Å². The molecule has 0 spiro atoms. The van der Waals surface area contributed by atoms with Crippen LogP contribution in [0, 0.1) is 0 Å². The second-order valence-electron chi connectivity index (χ2n) is 5.17. The van der Waals surface area contributed by atoms with E-state index < -0.39 is 0 Å². The summed E-state index contributed by atoms with van der Waals surface area (Å²) in [5.41, 5.74) is 2.54. The summed E-state index contributed by atoms with van der Waals surface area (Å²) in [4.78, 5) is 12.7. The van der Waals surface area contributed by atoms with E-state index in [0.717, 1.165) is 11.1 Å². The van der Waals surface area contributed by atoms with Crippen molar-refractivity contribution in [2.45, 2.75) is 25.2 Å². The van der Waals surface area contributed by atoms with Crippen molar-refractivity contribution >= 4 is 29.0 Å². The van der Waals surface area contributed by atoms with Crippen LogP contribution in [-0.2, 0) is 0 Å². The van der Waals surface area contributed by atoms with Crippen LogP contribution in [0.3, 0.4) is 0 Å². The lowest BCUT2D eigenvalue weighted by Crippen LogP contribution is -2.14. The standard InChI is InChI=1S/C17H14Cl2O/c18-15-9-8-12(10-16(15)19)17(20)14-7-2-1-6-13(14)11-4-3-5-11/h1-2,6-11H,3-5H2. The van der Waals surface area contributed by atoms with Crippen molar-refractivity contribution in [1.82, 2.24) is 0 Å². The zero-order valence-corrected chi connectivity index (χ0v) is 12.4. The van der Waals surface area contributed by atoms with Crippen molar-refractivity contribution in [2.75, 3.05) is 0 Å². The fourth-order valence-electron chi connectivity index (χ4n) is 2.57. The molecule has 0 radical (unpaired) electrons. The summed E-state index contributed by atoms with van der Waals surface area (Å²) in [6, 6.07) is 12.9. The summed E-state index contributed by atoms with van der Waals surface area (Å²) in [6.45, 7) is 0. The van der Waals surface area contributed by atoms with E-state index >= 15 is 0 Å². The molecule has 102 valence electrons. The summed E-state index contributed by atoms with van der Waals surface area (Å²) in [5.74, 6) is 0.545. The van der Waals surface area contributed by atoms with Gasteiger partial charge in [-0.15, -0.1) is 0 Å². The quantitative estimate of drug-likeness (QED) is 0.685. The van der Waals surface area contributed by atoms with Crippen molar-refractivity contribution < 1.29 is 4.79 Å². The fraction of sp³-hybridized carbons (Fsp3) is 0.235. The molecule has 0 aromatic heterocycles. The first kappa shape index (κ1) is 13.7. The van der Waals surface area contributed by atoms with E-state index in [1.807, 2.05) is 18.2 Å². The first-order chi connectivity index (χ1) is 9.66. The van der Waals surface area contributed by atoms with E-state index in [-0.39, 0.29) is 5.78 Å². The molecule has 0 saturated heterocycles. The molecule has 3 rings (SSSR count). The Morgan fingerprint density at radius 3 is 2.40 bits per heavy atom. The Balaban J connectivity index is 1.99. The summed E-state index contributed by atoms with van der Waals surface area (Å²) in [5, 5.41) is 0.883. The number of hydrogen-bond donors (Lipinski definition) is 0. The van der Waals surface area contributed by atoms with Gasteiger partial charge in [0.15, 0.2) is 5.78 Å². The van der Waals surface area contributed by atoms with Gasteiger partial charge in [0.1, 0.15) is 0 Å². The van der Waals surface area contributed by atoms with Gasteiger partial charge in [-0.2, -0.15) is 0 Å². The van der Waals surface area contributed by atoms with Gasteiger partial charge >= 0.3 is 0 Å². The Morgan fingerprint density at radius 2 is 1.75 bits per heavy atom. The van der Waals surface area contributed by atoms with Crippen LogP contribution in [0.2, 0.25) is 10.0 Å². The molecule has 0 aliphatic heterocycles. The minimum Gasteiger partial charge on any atom is -0.289 e. The number of rotatable bonds is 3. The molecule has 3 heteroatoms. The smallest absolute Gasteiger partial charge is 0.193 e. The van der Waals surface area contributed by atoms with Crippen LogP contribution in [0.1, 0.15) is 46.7 Å². The van der Waals surface area contributed by atoms with Gasteiger partial charge in [0.25, 0.3) is 0 Å². The third-order valence-electron chi connectivity index (χ3n) is 3.93. The van der Waals surface area contributed by atoms with E-state index in [4.69, 9.17) is 23.2 Å². The molecule has 20 heavy (non-hydrogen) atoms. The molecule has 0 N–H and O–H groups in total. The van der Waals surface area contributed by atoms with Gasteiger partial charge in [-0.1, -0.05) is 53.9 Å². The zero-order chi connectivity index (χ0) is 14.1. The third kappa shape index (κ3) is 2.48. The lowest BCUT2D eigenvalue weighted by Gasteiger charge is -2.27. The van der Waals surface area contributed by atoms with Crippen LogP contribution in [0.4, 0.5) is 0 Å². The highest BCUT2D eigenvalue weighted by Gasteiger charge is 2.24. The van der Waals surface area contributed by atoms with Crippen LogP contribution < -0.4 is 0 Å². The molecule has 1 nitrogen and oxygen atoms in total. The largest absolute Gasteiger partial charge is 0.289 e. The monoisotopic (exact) mass is 304 g/mol. The maximum atomic E-state index is 12.7. The third-order valence-corrected chi connectivity index (χ3v) is 4.67. The number of halogens is 2. The second kappa shape index (κ2) is 5.59. The Morgan fingerprint density at radius 1 is 1.00 bits per heavy atom. The first-order valence-corrected chi connectivity index (χ1v) is 7.51. The summed E-state index contributed by atoms with van der Waals surface area (Å²) in [6.07, 6.45) is 3.59. The fourth-order valence-corrected chi connectivity index (χ4v) is 2.87. The van der Waals surface area contributed by atoms with Crippen molar-refractivity contribution in [3.05, 3.63) is 69.2 Å². The molecule has 1 aliphatic rings. The predicted octanol–water partition coefficient (Wildman–Crippen LogP) is 5.49. The van der Waals surface area contributed by atoms with Crippen molar-refractivity contribution in [2.24, 2.45) is 0 Å². The van der Waals surface area contributed by atoms with Gasteiger partial charge in [0.05, 0.1) is 10.0 Å². The topological polar surface area (TPSA) is 17.1 Å². The Hall–Kier alpha value is -1.31. The summed E-state index contributed by atoms with van der Waals surface area (Å²) >= 11 is 11.9. The molecular weight excluding hydrogens is 291 g/mol. The van der Waals surface area contributed by atoms with Gasteiger partial charge < -0.3 is 0 Å². The van der Waals surface area contributed by atoms with Crippen LogP contribution in [0.25, 0.3) is 0 Å². The second-order valence-corrected chi connectivity index (χ2v) is 5.99. The molecule has 2 aromatic rings. The lowest BCUT2D eigenvalue weighted by molar-refractivity contribution is 0.103. The molecule has 0 amide bonds. The van der Waals surface area contributed by atoms with E-state index in [1.54, 1.807) is 18.2 Å². The van der Waals surface area contributed by atoms with Crippen molar-refractivity contribution in [1.29, 1.82) is 0 Å². The number of carbonyl (C=O) groups is 1. The summed E-state index contributed by atoms with van der Waals surface area (Å²) < 4.78 is 0. The lowest BCUT2D eigenvalue weighted by atomic mass is 9.77. The molecule has 0 unspecified atom stereocenters. The van der Waals surface area contributed by atoms with Crippen LogP contribution in [0.15, 0.2) is 42.5 Å². The van der Waals surface area contributed by atoms with Crippen LogP contribution in [-0.4, -0.2) is 5.78 Å². The highest BCUT2D eigenvalue weighted by Crippen LogP contribution is 2.38. The SMILES string of the molecule is O=C(c1ccc(Cl)c(Cl)c1)c1ccccc1C1CCC1. The van der Waals surface area contributed by atoms with Gasteiger partial charge in [0, 0.05) is 11.1 Å². The van der Waals surface area contributed by atoms with E-state index in [2.05, 4.69) is 6.07 Å². The molecule has 0 bridgehead atoms. The van der Waals surface area contributed by atoms with Crippen molar-refractivity contribution in [3.8, 4) is 0 Å². The number of hydrogen-bond acceptors (Lipinski definition) is 1. The van der Waals surface area contributed by atoms with E-state index in [0.29, 0.717) is 21.5 Å². The van der Waals surface area contributed by atoms with Crippen LogP contribution in [0.5, 0.6) is 0 Å². The van der Waals surface area contributed by atoms with E-state index in [9.17, 15) is 4.79 Å².